The summed E-state index contributed by atoms with van der Waals surface area (Å²) in [5.74, 6) is 1.20. The summed E-state index contributed by atoms with van der Waals surface area (Å²) in [4.78, 5) is 16.0. The van der Waals surface area contributed by atoms with Crippen LogP contribution in [0, 0.1) is 6.92 Å². The van der Waals surface area contributed by atoms with Crippen molar-refractivity contribution >= 4 is 17.5 Å². The Bertz CT molecular complexity index is 595. The van der Waals surface area contributed by atoms with Gasteiger partial charge in [0.15, 0.2) is 5.82 Å². The monoisotopic (exact) mass is 307 g/mol. The zero-order valence-electron chi connectivity index (χ0n) is 12.1. The number of amides is 1. The minimum absolute atomic E-state index is 0.00804. The van der Waals surface area contributed by atoms with E-state index in [0.29, 0.717) is 36.0 Å². The Labute approximate surface area is 128 Å². The third kappa shape index (κ3) is 4.86. The molecule has 1 N–H and O–H groups in total. The summed E-state index contributed by atoms with van der Waals surface area (Å²) < 4.78 is 5.00. The van der Waals surface area contributed by atoms with Gasteiger partial charge in [-0.3, -0.25) is 4.79 Å². The molecule has 2 aromatic rings. The second-order valence-electron chi connectivity index (χ2n) is 4.93. The lowest BCUT2D eigenvalue weighted by molar-refractivity contribution is -0.121. The van der Waals surface area contributed by atoms with Gasteiger partial charge in [0.2, 0.25) is 11.8 Å². The molecule has 21 heavy (non-hydrogen) atoms. The number of aryl methyl sites for hydroxylation is 2. The summed E-state index contributed by atoms with van der Waals surface area (Å²) in [6.45, 7) is 3.72. The Morgan fingerprint density at radius 1 is 1.38 bits per heavy atom. The van der Waals surface area contributed by atoms with Crippen molar-refractivity contribution in [2.45, 2.75) is 39.2 Å². The number of carbonyl (C=O) groups is 1. The minimum Gasteiger partial charge on any atom is -0.350 e. The standard InChI is InChI=1S/C15H18ClN3O2/c1-10(12-6-8-13(16)9-7-12)17-14(20)4-3-5-15-18-11(2)19-21-15/h6-10H,3-5H2,1-2H3,(H,17,20)/t10-/m1/s1. The van der Waals surface area contributed by atoms with Gasteiger partial charge in [0.05, 0.1) is 6.04 Å². The summed E-state index contributed by atoms with van der Waals surface area (Å²) in [5.41, 5.74) is 1.03. The molecule has 0 spiro atoms. The maximum absolute atomic E-state index is 11.9. The van der Waals surface area contributed by atoms with E-state index >= 15 is 0 Å². The highest BCUT2D eigenvalue weighted by molar-refractivity contribution is 6.30. The summed E-state index contributed by atoms with van der Waals surface area (Å²) in [7, 11) is 0. The average Bonchev–Trinajstić information content (AvgIpc) is 2.85. The highest BCUT2D eigenvalue weighted by Gasteiger charge is 2.10. The van der Waals surface area contributed by atoms with Crippen LogP contribution in [0.4, 0.5) is 0 Å². The number of aromatic nitrogens is 2. The van der Waals surface area contributed by atoms with Crippen LogP contribution in [0.25, 0.3) is 0 Å². The molecular formula is C15H18ClN3O2. The van der Waals surface area contributed by atoms with Crippen molar-refractivity contribution < 1.29 is 9.32 Å². The normalized spacial score (nSPS) is 12.1. The van der Waals surface area contributed by atoms with E-state index in [1.807, 2.05) is 31.2 Å². The van der Waals surface area contributed by atoms with Crippen LogP contribution in [0.15, 0.2) is 28.8 Å². The van der Waals surface area contributed by atoms with E-state index in [1.165, 1.54) is 0 Å². The fourth-order valence-corrected chi connectivity index (χ4v) is 2.12. The number of rotatable bonds is 6. The Morgan fingerprint density at radius 3 is 2.71 bits per heavy atom. The first kappa shape index (κ1) is 15.5. The number of hydrogen-bond donors (Lipinski definition) is 1. The molecule has 0 aliphatic carbocycles. The number of halogens is 1. The fraction of sp³-hybridized carbons (Fsp3) is 0.400. The lowest BCUT2D eigenvalue weighted by Crippen LogP contribution is -2.26. The minimum atomic E-state index is -0.0413. The number of nitrogens with zero attached hydrogens (tertiary/aromatic N) is 2. The molecule has 0 unspecified atom stereocenters. The highest BCUT2D eigenvalue weighted by Crippen LogP contribution is 2.16. The van der Waals surface area contributed by atoms with Gasteiger partial charge in [-0.05, 0) is 38.0 Å². The summed E-state index contributed by atoms with van der Waals surface area (Å²) >= 11 is 5.84. The van der Waals surface area contributed by atoms with E-state index < -0.39 is 0 Å². The molecule has 0 aliphatic heterocycles. The van der Waals surface area contributed by atoms with Gasteiger partial charge in [-0.2, -0.15) is 4.98 Å². The third-order valence-electron chi connectivity index (χ3n) is 3.11. The van der Waals surface area contributed by atoms with Crippen molar-refractivity contribution in [1.82, 2.24) is 15.5 Å². The maximum atomic E-state index is 11.9. The molecule has 0 radical (unpaired) electrons. The molecule has 1 aromatic heterocycles. The van der Waals surface area contributed by atoms with Gasteiger partial charge in [0.25, 0.3) is 0 Å². The van der Waals surface area contributed by atoms with Crippen LogP contribution in [0.5, 0.6) is 0 Å². The van der Waals surface area contributed by atoms with Crippen LogP contribution in [0.2, 0.25) is 5.02 Å². The zero-order valence-corrected chi connectivity index (χ0v) is 12.9. The summed E-state index contributed by atoms with van der Waals surface area (Å²) in [5, 5.41) is 7.36. The molecule has 112 valence electrons. The first-order chi connectivity index (χ1) is 10.0. The molecule has 0 fully saturated rings. The van der Waals surface area contributed by atoms with Gasteiger partial charge in [0, 0.05) is 17.9 Å². The molecule has 0 saturated carbocycles. The molecule has 2 rings (SSSR count). The van der Waals surface area contributed by atoms with Crippen molar-refractivity contribution in [2.75, 3.05) is 0 Å². The first-order valence-electron chi connectivity index (χ1n) is 6.88. The van der Waals surface area contributed by atoms with E-state index in [4.69, 9.17) is 16.1 Å². The van der Waals surface area contributed by atoms with E-state index in [2.05, 4.69) is 15.5 Å². The van der Waals surface area contributed by atoms with Crippen molar-refractivity contribution in [2.24, 2.45) is 0 Å². The van der Waals surface area contributed by atoms with Gasteiger partial charge >= 0.3 is 0 Å². The first-order valence-corrected chi connectivity index (χ1v) is 7.26. The fourth-order valence-electron chi connectivity index (χ4n) is 1.99. The number of benzene rings is 1. The Balaban J connectivity index is 1.75. The molecule has 1 heterocycles. The van der Waals surface area contributed by atoms with Crippen molar-refractivity contribution in [3.63, 3.8) is 0 Å². The van der Waals surface area contributed by atoms with Gasteiger partial charge in [0.1, 0.15) is 0 Å². The van der Waals surface area contributed by atoms with Gasteiger partial charge < -0.3 is 9.84 Å². The maximum Gasteiger partial charge on any atom is 0.226 e. The molecule has 0 bridgehead atoms. The van der Waals surface area contributed by atoms with E-state index in [9.17, 15) is 4.79 Å². The van der Waals surface area contributed by atoms with Crippen molar-refractivity contribution in [1.29, 1.82) is 0 Å². The van der Waals surface area contributed by atoms with E-state index in [0.717, 1.165) is 5.56 Å². The van der Waals surface area contributed by atoms with Gasteiger partial charge in [-0.25, -0.2) is 0 Å². The van der Waals surface area contributed by atoms with Crippen LogP contribution in [-0.4, -0.2) is 16.0 Å². The number of nitrogens with one attached hydrogen (secondary N) is 1. The van der Waals surface area contributed by atoms with Gasteiger partial charge in [-0.1, -0.05) is 28.9 Å². The Hall–Kier alpha value is -1.88. The highest BCUT2D eigenvalue weighted by atomic mass is 35.5. The molecule has 0 saturated heterocycles. The van der Waals surface area contributed by atoms with Gasteiger partial charge in [-0.15, -0.1) is 0 Å². The van der Waals surface area contributed by atoms with Crippen LogP contribution in [-0.2, 0) is 11.2 Å². The Kier molecular flexibility index (Phi) is 5.33. The number of carbonyl (C=O) groups excluding carboxylic acids is 1. The largest absolute Gasteiger partial charge is 0.350 e. The van der Waals surface area contributed by atoms with Crippen LogP contribution < -0.4 is 5.32 Å². The summed E-state index contributed by atoms with van der Waals surface area (Å²) in [6, 6.07) is 7.41. The average molecular weight is 308 g/mol. The molecule has 1 atom stereocenters. The third-order valence-corrected chi connectivity index (χ3v) is 3.36. The SMILES string of the molecule is Cc1noc(CCCC(=O)N[C@H](C)c2ccc(Cl)cc2)n1. The second kappa shape index (κ2) is 7.22. The topological polar surface area (TPSA) is 68.0 Å². The smallest absolute Gasteiger partial charge is 0.226 e. The zero-order chi connectivity index (χ0) is 15.2. The van der Waals surface area contributed by atoms with E-state index in [1.54, 1.807) is 6.92 Å². The second-order valence-corrected chi connectivity index (χ2v) is 5.37. The molecule has 1 amide bonds. The molecule has 0 aliphatic rings. The van der Waals surface area contributed by atoms with Crippen LogP contribution in [0.3, 0.4) is 0 Å². The number of hydrogen-bond acceptors (Lipinski definition) is 4. The lowest BCUT2D eigenvalue weighted by atomic mass is 10.1. The predicted octanol–water partition coefficient (Wildman–Crippen LogP) is 3.23. The van der Waals surface area contributed by atoms with Crippen LogP contribution in [0.1, 0.15) is 43.1 Å². The van der Waals surface area contributed by atoms with Crippen LogP contribution >= 0.6 is 11.6 Å². The molecule has 6 heteroatoms. The summed E-state index contributed by atoms with van der Waals surface area (Å²) in [6.07, 6.45) is 1.73. The molecule has 1 aromatic carbocycles. The van der Waals surface area contributed by atoms with Crippen molar-refractivity contribution in [3.8, 4) is 0 Å². The quantitative estimate of drug-likeness (QED) is 0.889. The Morgan fingerprint density at radius 2 is 2.10 bits per heavy atom. The molecular weight excluding hydrogens is 290 g/mol. The molecule has 5 nitrogen and oxygen atoms in total. The lowest BCUT2D eigenvalue weighted by Gasteiger charge is -2.14. The van der Waals surface area contributed by atoms with E-state index in [-0.39, 0.29) is 11.9 Å². The predicted molar refractivity (Wildman–Crippen MR) is 80.0 cm³/mol. The van der Waals surface area contributed by atoms with Crippen molar-refractivity contribution in [3.05, 3.63) is 46.6 Å².